The molecule has 5 nitrogen and oxygen atoms in total. The lowest BCUT2D eigenvalue weighted by Crippen LogP contribution is -2.42. The summed E-state index contributed by atoms with van der Waals surface area (Å²) in [5.41, 5.74) is 1.84. The lowest BCUT2D eigenvalue weighted by Gasteiger charge is -2.17. The quantitative estimate of drug-likeness (QED) is 0.390. The summed E-state index contributed by atoms with van der Waals surface area (Å²) in [5, 5.41) is 7.63. The summed E-state index contributed by atoms with van der Waals surface area (Å²) in [5.74, 6) is 0.867. The Balaban J connectivity index is 0.00000312. The number of hydrogen-bond acceptors (Lipinski definition) is 3. The summed E-state index contributed by atoms with van der Waals surface area (Å²) in [6.45, 7) is 0.689. The number of rotatable bonds is 5. The van der Waals surface area contributed by atoms with Gasteiger partial charge in [-0.2, -0.15) is 11.8 Å². The molecule has 0 aliphatic heterocycles. The van der Waals surface area contributed by atoms with Crippen molar-refractivity contribution in [2.75, 3.05) is 27.4 Å². The molecular formula is C18H29IN4OS. The van der Waals surface area contributed by atoms with Crippen molar-refractivity contribution >= 4 is 47.6 Å². The van der Waals surface area contributed by atoms with Gasteiger partial charge in [-0.25, -0.2) is 0 Å². The largest absolute Gasteiger partial charge is 0.354 e. The van der Waals surface area contributed by atoms with Crippen molar-refractivity contribution < 1.29 is 4.79 Å². The molecule has 0 heterocycles. The Morgan fingerprint density at radius 2 is 1.96 bits per heavy atom. The second-order valence-electron chi connectivity index (χ2n) is 6.33. The third-order valence-electron chi connectivity index (χ3n) is 4.35. The van der Waals surface area contributed by atoms with Crippen molar-refractivity contribution in [3.63, 3.8) is 0 Å². The van der Waals surface area contributed by atoms with Gasteiger partial charge in [-0.3, -0.25) is 9.79 Å². The highest BCUT2D eigenvalue weighted by atomic mass is 127. The molecule has 2 rings (SSSR count). The van der Waals surface area contributed by atoms with E-state index in [1.807, 2.05) is 36.0 Å². The number of thioether (sulfide) groups is 1. The van der Waals surface area contributed by atoms with Crippen LogP contribution in [0.25, 0.3) is 0 Å². The van der Waals surface area contributed by atoms with E-state index in [1.165, 1.54) is 19.3 Å². The Labute approximate surface area is 172 Å². The highest BCUT2D eigenvalue weighted by Crippen LogP contribution is 2.27. The molecule has 1 aliphatic carbocycles. The van der Waals surface area contributed by atoms with Gasteiger partial charge in [-0.05, 0) is 43.2 Å². The maximum Gasteiger partial charge on any atom is 0.253 e. The number of nitrogens with one attached hydrogen (secondary N) is 2. The molecule has 2 atom stereocenters. The first-order chi connectivity index (χ1) is 11.5. The number of carbonyl (C=O) groups is 1. The molecule has 0 bridgehead atoms. The summed E-state index contributed by atoms with van der Waals surface area (Å²) >= 11 is 1.96. The van der Waals surface area contributed by atoms with E-state index in [-0.39, 0.29) is 29.9 Å². The summed E-state index contributed by atoms with van der Waals surface area (Å²) in [7, 11) is 5.32. The van der Waals surface area contributed by atoms with Crippen LogP contribution in [-0.2, 0) is 6.54 Å². The first-order valence-electron chi connectivity index (χ1n) is 8.34. The molecule has 7 heteroatoms. The number of carbonyl (C=O) groups excluding carboxylic acids is 1. The SMILES string of the molecule is CN=C(NCc1ccc(C(=O)N(C)C)cc1)NC1CCC(SC)C1.I. The highest BCUT2D eigenvalue weighted by molar-refractivity contribution is 14.0. The smallest absolute Gasteiger partial charge is 0.253 e. The van der Waals surface area contributed by atoms with Gasteiger partial charge in [0.2, 0.25) is 0 Å². The van der Waals surface area contributed by atoms with Gasteiger partial charge in [-0.1, -0.05) is 12.1 Å². The van der Waals surface area contributed by atoms with Gasteiger partial charge in [0, 0.05) is 44.5 Å². The monoisotopic (exact) mass is 476 g/mol. The normalized spacial score (nSPS) is 19.9. The van der Waals surface area contributed by atoms with E-state index in [0.29, 0.717) is 18.2 Å². The van der Waals surface area contributed by atoms with Gasteiger partial charge in [0.1, 0.15) is 0 Å². The average Bonchev–Trinajstić information content (AvgIpc) is 3.06. The van der Waals surface area contributed by atoms with Gasteiger partial charge in [0.25, 0.3) is 5.91 Å². The molecule has 0 saturated heterocycles. The standard InChI is InChI=1S/C18H28N4OS.HI/c1-19-18(21-15-9-10-16(11-15)24-4)20-12-13-5-7-14(8-6-13)17(23)22(2)3;/h5-8,15-16H,9-12H2,1-4H3,(H2,19,20,21);1H. The first-order valence-corrected chi connectivity index (χ1v) is 9.62. The van der Waals surface area contributed by atoms with Crippen LogP contribution in [0.1, 0.15) is 35.2 Å². The van der Waals surface area contributed by atoms with Crippen molar-refractivity contribution in [2.24, 2.45) is 4.99 Å². The molecule has 1 saturated carbocycles. The van der Waals surface area contributed by atoms with Crippen molar-refractivity contribution in [2.45, 2.75) is 37.1 Å². The summed E-state index contributed by atoms with van der Waals surface area (Å²) in [4.78, 5) is 17.8. The Hall–Kier alpha value is -0.960. The van der Waals surface area contributed by atoms with Crippen molar-refractivity contribution in [1.82, 2.24) is 15.5 Å². The summed E-state index contributed by atoms with van der Waals surface area (Å²) in [6, 6.07) is 8.21. The van der Waals surface area contributed by atoms with Gasteiger partial charge in [0.05, 0.1) is 0 Å². The van der Waals surface area contributed by atoms with Crippen LogP contribution in [0.4, 0.5) is 0 Å². The maximum absolute atomic E-state index is 11.9. The Morgan fingerprint density at radius 1 is 1.28 bits per heavy atom. The van der Waals surface area contributed by atoms with E-state index in [4.69, 9.17) is 0 Å². The molecule has 2 N–H and O–H groups in total. The number of halogens is 1. The minimum Gasteiger partial charge on any atom is -0.354 e. The zero-order valence-electron chi connectivity index (χ0n) is 15.4. The van der Waals surface area contributed by atoms with Crippen LogP contribution in [0.2, 0.25) is 0 Å². The van der Waals surface area contributed by atoms with Crippen LogP contribution in [-0.4, -0.2) is 55.5 Å². The van der Waals surface area contributed by atoms with Gasteiger partial charge < -0.3 is 15.5 Å². The molecule has 1 aromatic carbocycles. The molecule has 0 spiro atoms. The van der Waals surface area contributed by atoms with E-state index in [2.05, 4.69) is 21.9 Å². The first kappa shape index (κ1) is 22.1. The van der Waals surface area contributed by atoms with Crippen LogP contribution < -0.4 is 10.6 Å². The minimum atomic E-state index is 0. The Morgan fingerprint density at radius 3 is 2.48 bits per heavy atom. The van der Waals surface area contributed by atoms with Crippen LogP contribution in [0.5, 0.6) is 0 Å². The van der Waals surface area contributed by atoms with E-state index >= 15 is 0 Å². The van der Waals surface area contributed by atoms with Crippen molar-refractivity contribution in [1.29, 1.82) is 0 Å². The lowest BCUT2D eigenvalue weighted by molar-refractivity contribution is 0.0827. The number of guanidine groups is 1. The van der Waals surface area contributed by atoms with Crippen LogP contribution >= 0.6 is 35.7 Å². The predicted molar refractivity (Wildman–Crippen MR) is 118 cm³/mol. The molecule has 1 aromatic rings. The molecular weight excluding hydrogens is 447 g/mol. The zero-order chi connectivity index (χ0) is 17.5. The van der Waals surface area contributed by atoms with Crippen molar-refractivity contribution in [3.05, 3.63) is 35.4 Å². The second-order valence-corrected chi connectivity index (χ2v) is 7.47. The topological polar surface area (TPSA) is 56.7 Å². The number of amides is 1. The maximum atomic E-state index is 11.9. The van der Waals surface area contributed by atoms with Gasteiger partial charge in [0.15, 0.2) is 5.96 Å². The molecule has 2 unspecified atom stereocenters. The predicted octanol–water partition coefficient (Wildman–Crippen LogP) is 2.96. The summed E-state index contributed by atoms with van der Waals surface area (Å²) in [6.07, 6.45) is 5.86. The van der Waals surface area contributed by atoms with Gasteiger partial charge in [-0.15, -0.1) is 24.0 Å². The number of hydrogen-bond donors (Lipinski definition) is 2. The Bertz CT molecular complexity index is 577. The fraction of sp³-hybridized carbons (Fsp3) is 0.556. The van der Waals surface area contributed by atoms with Gasteiger partial charge >= 0.3 is 0 Å². The molecule has 1 aliphatic rings. The van der Waals surface area contributed by atoms with Crippen LogP contribution in [0.15, 0.2) is 29.3 Å². The van der Waals surface area contributed by atoms with E-state index in [9.17, 15) is 4.79 Å². The number of nitrogens with zero attached hydrogens (tertiary/aromatic N) is 2. The van der Waals surface area contributed by atoms with E-state index < -0.39 is 0 Å². The van der Waals surface area contributed by atoms with Crippen LogP contribution in [0.3, 0.4) is 0 Å². The van der Waals surface area contributed by atoms with Crippen molar-refractivity contribution in [3.8, 4) is 0 Å². The fourth-order valence-corrected chi connectivity index (χ4v) is 3.68. The number of benzene rings is 1. The van der Waals surface area contributed by atoms with E-state index in [1.54, 1.807) is 26.0 Å². The zero-order valence-corrected chi connectivity index (χ0v) is 18.6. The second kappa shape index (κ2) is 10.9. The molecule has 140 valence electrons. The molecule has 0 aromatic heterocycles. The third kappa shape index (κ3) is 6.69. The minimum absolute atomic E-state index is 0. The summed E-state index contributed by atoms with van der Waals surface area (Å²) < 4.78 is 0. The van der Waals surface area contributed by atoms with E-state index in [0.717, 1.165) is 16.8 Å². The third-order valence-corrected chi connectivity index (χ3v) is 5.44. The Kier molecular flexibility index (Phi) is 9.63. The highest BCUT2D eigenvalue weighted by Gasteiger charge is 2.24. The molecule has 1 fully saturated rings. The lowest BCUT2D eigenvalue weighted by atomic mass is 10.1. The fourth-order valence-electron chi connectivity index (χ4n) is 2.88. The molecule has 0 radical (unpaired) electrons. The average molecular weight is 476 g/mol. The number of aliphatic imine (C=N–C) groups is 1. The molecule has 1 amide bonds. The van der Waals surface area contributed by atoms with Crippen LogP contribution in [0, 0.1) is 0 Å². The molecule has 25 heavy (non-hydrogen) atoms.